The third-order valence-corrected chi connectivity index (χ3v) is 8.51. The van der Waals surface area contributed by atoms with Gasteiger partial charge in [0.15, 0.2) is 62.7 Å². The van der Waals surface area contributed by atoms with Crippen LogP contribution in [0.1, 0.15) is 52.7 Å². The van der Waals surface area contributed by atoms with Crippen molar-refractivity contribution in [1.29, 1.82) is 0 Å². The molecular formula is C44H56N4+4. The Morgan fingerprint density at radius 3 is 0.812 bits per heavy atom. The van der Waals surface area contributed by atoms with Crippen molar-refractivity contribution >= 4 is 0 Å². The smallest absolute Gasteiger partial charge is 0.169 e. The van der Waals surface area contributed by atoms with E-state index >= 15 is 0 Å². The Labute approximate surface area is 290 Å². The van der Waals surface area contributed by atoms with Crippen molar-refractivity contribution in [3.8, 4) is 22.3 Å². The van der Waals surface area contributed by atoms with Crippen LogP contribution in [0.5, 0.6) is 0 Å². The highest BCUT2D eigenvalue weighted by Gasteiger charge is 2.09. The number of hydrogen-bond donors (Lipinski definition) is 0. The van der Waals surface area contributed by atoms with Crippen LogP contribution >= 0.6 is 0 Å². The molecule has 0 saturated heterocycles. The lowest BCUT2D eigenvalue weighted by molar-refractivity contribution is -0.726. The van der Waals surface area contributed by atoms with Crippen LogP contribution in [-0.2, 0) is 39.0 Å². The van der Waals surface area contributed by atoms with Crippen molar-refractivity contribution in [3.63, 3.8) is 0 Å². The van der Waals surface area contributed by atoms with Gasteiger partial charge in [0.25, 0.3) is 0 Å². The lowest BCUT2D eigenvalue weighted by Crippen LogP contribution is -2.38. The summed E-state index contributed by atoms with van der Waals surface area (Å²) in [5.41, 5.74) is 7.84. The van der Waals surface area contributed by atoms with Crippen LogP contribution in [0.2, 0.25) is 0 Å². The van der Waals surface area contributed by atoms with Gasteiger partial charge in [-0.2, -0.15) is 0 Å². The second kappa shape index (κ2) is 19.6. The quantitative estimate of drug-likeness (QED) is 0.106. The zero-order valence-electron chi connectivity index (χ0n) is 26.2. The molecule has 0 saturated carbocycles. The number of rotatable bonds is 14. The highest BCUT2D eigenvalue weighted by atomic mass is 15.0. The topological polar surface area (TPSA) is 15.5 Å². The zero-order chi connectivity index (χ0) is 30.5. The van der Waals surface area contributed by atoms with Gasteiger partial charge in [-0.05, 0) is 46.2 Å². The van der Waals surface area contributed by atoms with Gasteiger partial charge in [0.2, 0.25) is 0 Å². The SMILES string of the molecule is C.C.C.c1ccc(CCC[n+]2ccc(-c3cc[n+](CCC[n+]4ccc(-c5cc[n+](CCCc6ccccc6)cc5)cc4)cc3)cc2)cc1. The van der Waals surface area contributed by atoms with E-state index in [2.05, 4.69) is 177 Å². The first-order valence-corrected chi connectivity index (χ1v) is 16.3. The normalized spacial score (nSPS) is 10.3. The number of aryl methyl sites for hydroxylation is 6. The summed E-state index contributed by atoms with van der Waals surface area (Å²) in [4.78, 5) is 0. The third-order valence-electron chi connectivity index (χ3n) is 8.51. The summed E-state index contributed by atoms with van der Waals surface area (Å²) in [6.45, 7) is 4.06. The molecule has 0 amide bonds. The van der Waals surface area contributed by atoms with Crippen LogP contribution in [0.4, 0.5) is 0 Å². The molecule has 4 heterocycles. The van der Waals surface area contributed by atoms with E-state index in [-0.39, 0.29) is 22.3 Å². The van der Waals surface area contributed by atoms with E-state index in [1.807, 2.05) is 0 Å². The van der Waals surface area contributed by atoms with E-state index in [9.17, 15) is 0 Å². The minimum absolute atomic E-state index is 0. The summed E-state index contributed by atoms with van der Waals surface area (Å²) in [5, 5.41) is 0. The van der Waals surface area contributed by atoms with E-state index in [0.29, 0.717) is 0 Å². The summed E-state index contributed by atoms with van der Waals surface area (Å²) < 4.78 is 9.13. The summed E-state index contributed by atoms with van der Waals surface area (Å²) >= 11 is 0. The van der Waals surface area contributed by atoms with Crippen molar-refractivity contribution in [3.05, 3.63) is 170 Å². The van der Waals surface area contributed by atoms with Gasteiger partial charge in [-0.15, -0.1) is 0 Å². The summed E-state index contributed by atoms with van der Waals surface area (Å²) in [5.74, 6) is 0. The van der Waals surface area contributed by atoms with Crippen LogP contribution in [0.25, 0.3) is 22.3 Å². The number of benzene rings is 2. The van der Waals surface area contributed by atoms with Crippen LogP contribution in [0, 0.1) is 0 Å². The molecule has 4 aromatic heterocycles. The highest BCUT2D eigenvalue weighted by molar-refractivity contribution is 5.61. The summed E-state index contributed by atoms with van der Waals surface area (Å²) in [6, 6.07) is 39.3. The first-order valence-electron chi connectivity index (χ1n) is 16.3. The van der Waals surface area contributed by atoms with Gasteiger partial charge in [0.05, 0.1) is 6.42 Å². The van der Waals surface area contributed by atoms with Crippen molar-refractivity contribution < 1.29 is 18.3 Å². The van der Waals surface area contributed by atoms with Crippen molar-refractivity contribution in [2.45, 2.75) is 80.6 Å². The van der Waals surface area contributed by atoms with Gasteiger partial charge < -0.3 is 0 Å². The first kappa shape index (κ1) is 37.5. The minimum atomic E-state index is 0. The van der Waals surface area contributed by atoms with Gasteiger partial charge in [0, 0.05) is 61.4 Å². The van der Waals surface area contributed by atoms with Crippen molar-refractivity contribution in [2.24, 2.45) is 0 Å². The van der Waals surface area contributed by atoms with Crippen LogP contribution in [0.3, 0.4) is 0 Å². The number of pyridine rings is 4. The fraction of sp³-hybridized carbons (Fsp3) is 0.273. The maximum Gasteiger partial charge on any atom is 0.169 e. The first-order chi connectivity index (χ1) is 22.3. The van der Waals surface area contributed by atoms with E-state index < -0.39 is 0 Å². The van der Waals surface area contributed by atoms with Gasteiger partial charge >= 0.3 is 0 Å². The molecule has 48 heavy (non-hydrogen) atoms. The predicted octanol–water partition coefficient (Wildman–Crippen LogP) is 8.43. The van der Waals surface area contributed by atoms with E-state index in [1.165, 1.54) is 33.4 Å². The molecule has 0 unspecified atom stereocenters. The number of aromatic nitrogens is 4. The molecule has 0 radical (unpaired) electrons. The molecule has 6 rings (SSSR count). The summed E-state index contributed by atoms with van der Waals surface area (Å²) in [7, 11) is 0. The molecular weight excluding hydrogens is 585 g/mol. The Morgan fingerprint density at radius 1 is 0.292 bits per heavy atom. The lowest BCUT2D eigenvalue weighted by Gasteiger charge is -2.03. The Morgan fingerprint density at radius 2 is 0.542 bits per heavy atom. The van der Waals surface area contributed by atoms with Crippen LogP contribution < -0.4 is 18.3 Å². The molecule has 2 aromatic carbocycles. The molecule has 0 atom stereocenters. The Kier molecular flexibility index (Phi) is 15.3. The van der Waals surface area contributed by atoms with E-state index in [1.54, 1.807) is 0 Å². The average Bonchev–Trinajstić information content (AvgIpc) is 3.11. The van der Waals surface area contributed by atoms with Gasteiger partial charge in [-0.25, -0.2) is 18.3 Å². The Bertz CT molecular complexity index is 1580. The number of hydrogen-bond acceptors (Lipinski definition) is 0. The zero-order valence-corrected chi connectivity index (χ0v) is 26.2. The second-order valence-electron chi connectivity index (χ2n) is 11.8. The maximum atomic E-state index is 2.28. The molecule has 4 nitrogen and oxygen atoms in total. The molecule has 6 aromatic rings. The maximum absolute atomic E-state index is 2.28. The van der Waals surface area contributed by atoms with E-state index in [0.717, 1.165) is 58.3 Å². The molecule has 0 fully saturated rings. The molecule has 0 spiro atoms. The fourth-order valence-electron chi connectivity index (χ4n) is 5.85. The Hall–Kier alpha value is -4.96. The lowest BCUT2D eigenvalue weighted by atomic mass is 10.1. The van der Waals surface area contributed by atoms with Crippen molar-refractivity contribution in [1.82, 2.24) is 0 Å². The third kappa shape index (κ3) is 11.1. The van der Waals surface area contributed by atoms with E-state index in [4.69, 9.17) is 0 Å². The molecule has 0 aliphatic heterocycles. The highest BCUT2D eigenvalue weighted by Crippen LogP contribution is 2.17. The average molecular weight is 641 g/mol. The van der Waals surface area contributed by atoms with Gasteiger partial charge in [-0.3, -0.25) is 0 Å². The van der Waals surface area contributed by atoms with Crippen molar-refractivity contribution in [2.75, 3.05) is 0 Å². The fourth-order valence-corrected chi connectivity index (χ4v) is 5.85. The molecule has 4 heteroatoms. The largest absolute Gasteiger partial charge is 0.205 e. The Balaban J connectivity index is 0.00000208. The monoisotopic (exact) mass is 640 g/mol. The second-order valence-corrected chi connectivity index (χ2v) is 11.8. The molecule has 0 aliphatic rings. The van der Waals surface area contributed by atoms with Gasteiger partial charge in [0.1, 0.15) is 13.1 Å². The van der Waals surface area contributed by atoms with Gasteiger partial charge in [-0.1, -0.05) is 82.9 Å². The molecule has 0 aliphatic carbocycles. The molecule has 248 valence electrons. The van der Waals surface area contributed by atoms with Crippen LogP contribution in [-0.4, -0.2) is 0 Å². The summed E-state index contributed by atoms with van der Waals surface area (Å²) in [6.07, 6.45) is 23.2. The molecule has 0 bridgehead atoms. The molecule has 0 N–H and O–H groups in total. The number of nitrogens with zero attached hydrogens (tertiary/aromatic N) is 4. The standard InChI is InChI=1S/C41H44N4.3CH4/c1-3-10-36(11-4-1)14-7-24-42-28-16-38(17-29-42)40-20-32-44(33-21-40)26-9-27-45-34-22-41(23-35-45)39-18-30-43(31-19-39)25-8-15-37-12-5-2-6-13-37;;;/h1-6,10-13,16-23,28-35H,7-9,14-15,24-27H2;3*1H4/q+4;;;. The van der Waals surface area contributed by atoms with Crippen LogP contribution in [0.15, 0.2) is 159 Å². The predicted molar refractivity (Wildman–Crippen MR) is 199 cm³/mol. The minimum Gasteiger partial charge on any atom is -0.205 e.